The Hall–Kier alpha value is -1.14. The van der Waals surface area contributed by atoms with Crippen molar-refractivity contribution in [3.63, 3.8) is 0 Å². The number of rotatable bonds is 5. The third-order valence-corrected chi connectivity index (χ3v) is 6.55. The molecule has 0 amide bonds. The number of nitrogens with zero attached hydrogens (tertiary/aromatic N) is 2. The first-order valence-electron chi connectivity index (χ1n) is 9.70. The molecule has 1 aliphatic heterocycles. The van der Waals surface area contributed by atoms with Crippen LogP contribution in [0, 0.1) is 19.3 Å². The van der Waals surface area contributed by atoms with Gasteiger partial charge in [-0.15, -0.1) is 0 Å². The van der Waals surface area contributed by atoms with Crippen molar-refractivity contribution in [1.29, 1.82) is 0 Å². The van der Waals surface area contributed by atoms with Gasteiger partial charge in [-0.05, 0) is 68.8 Å². The number of hydrogen-bond acceptors (Lipinski definition) is 4. The lowest BCUT2D eigenvalue weighted by Gasteiger charge is -2.42. The first-order chi connectivity index (χ1) is 12.4. The van der Waals surface area contributed by atoms with E-state index < -0.39 is 17.7 Å². The lowest BCUT2D eigenvalue weighted by atomic mass is 9.78. The molecule has 27 heavy (non-hydrogen) atoms. The van der Waals surface area contributed by atoms with Crippen molar-refractivity contribution in [2.45, 2.75) is 79.4 Å². The molecule has 0 radical (unpaired) electrons. The fourth-order valence-corrected chi connectivity index (χ4v) is 4.21. The first-order valence-corrected chi connectivity index (χ1v) is 10.5. The molecule has 0 aliphatic carbocycles. The molecule has 1 atom stereocenters. The van der Waals surface area contributed by atoms with E-state index in [-0.39, 0.29) is 0 Å². The van der Waals surface area contributed by atoms with Crippen molar-refractivity contribution in [3.8, 4) is 0 Å². The van der Waals surface area contributed by atoms with Crippen LogP contribution in [0.5, 0.6) is 0 Å². The van der Waals surface area contributed by atoms with E-state index in [4.69, 9.17) is 4.74 Å². The summed E-state index contributed by atoms with van der Waals surface area (Å²) in [5.74, 6) is -0.984. The zero-order valence-corrected chi connectivity index (χ0v) is 19.2. The maximum atomic E-state index is 12.1. The summed E-state index contributed by atoms with van der Waals surface area (Å²) in [7, 11) is 0. The Kier molecular flexibility index (Phi) is 6.63. The molecule has 0 aromatic carbocycles. The third-order valence-electron chi connectivity index (χ3n) is 5.60. The highest BCUT2D eigenvalue weighted by atomic mass is 79.9. The second kappa shape index (κ2) is 8.08. The number of hydrogen-bond donors (Lipinski definition) is 1. The normalized spacial score (nSPS) is 18.4. The van der Waals surface area contributed by atoms with Gasteiger partial charge in [-0.2, -0.15) is 0 Å². The van der Waals surface area contributed by atoms with Crippen molar-refractivity contribution >= 4 is 27.6 Å². The summed E-state index contributed by atoms with van der Waals surface area (Å²) in [4.78, 5) is 19.0. The van der Waals surface area contributed by atoms with E-state index in [1.54, 1.807) is 0 Å². The lowest BCUT2D eigenvalue weighted by Crippen LogP contribution is -2.40. The maximum absolute atomic E-state index is 12.1. The van der Waals surface area contributed by atoms with Crippen LogP contribution in [0.4, 0.5) is 5.69 Å². The van der Waals surface area contributed by atoms with Crippen LogP contribution in [0.2, 0.25) is 0 Å². The van der Waals surface area contributed by atoms with E-state index in [1.807, 2.05) is 34.6 Å². The molecule has 1 aromatic rings. The standard InChI is InChI=1S/C21H33BrN2O3/c1-8-21(7)9-11-24(12-10-21)17-15(13(2)23-14(3)16(17)22)18(19(25)26)27-20(4,5)6/h18H,8-12H2,1-7H3,(H,25,26). The quantitative estimate of drug-likeness (QED) is 0.661. The number of piperidine rings is 1. The Balaban J connectivity index is 2.55. The van der Waals surface area contributed by atoms with Gasteiger partial charge in [-0.25, -0.2) is 4.79 Å². The van der Waals surface area contributed by atoms with Gasteiger partial charge in [0.2, 0.25) is 0 Å². The summed E-state index contributed by atoms with van der Waals surface area (Å²) in [6.45, 7) is 15.8. The van der Waals surface area contributed by atoms with Gasteiger partial charge in [0.15, 0.2) is 6.10 Å². The van der Waals surface area contributed by atoms with Gasteiger partial charge in [-0.1, -0.05) is 20.3 Å². The summed E-state index contributed by atoms with van der Waals surface area (Å²) in [5.41, 5.74) is 2.95. The van der Waals surface area contributed by atoms with Crippen LogP contribution < -0.4 is 4.90 Å². The minimum absolute atomic E-state index is 0.356. The molecule has 1 saturated heterocycles. The van der Waals surface area contributed by atoms with Gasteiger partial charge >= 0.3 is 5.97 Å². The molecular formula is C21H33BrN2O3. The number of aromatic nitrogens is 1. The number of aliphatic carboxylic acids is 1. The maximum Gasteiger partial charge on any atom is 0.337 e. The van der Waals surface area contributed by atoms with Crippen molar-refractivity contribution in [2.75, 3.05) is 18.0 Å². The van der Waals surface area contributed by atoms with Crippen LogP contribution in [0.25, 0.3) is 0 Å². The average Bonchev–Trinajstić information content (AvgIpc) is 2.56. The lowest BCUT2D eigenvalue weighted by molar-refractivity contribution is -0.160. The van der Waals surface area contributed by atoms with E-state index in [0.29, 0.717) is 16.7 Å². The molecule has 2 rings (SSSR count). The molecule has 6 heteroatoms. The van der Waals surface area contributed by atoms with E-state index in [2.05, 4.69) is 39.7 Å². The number of halogens is 1. The highest BCUT2D eigenvalue weighted by Crippen LogP contribution is 2.43. The second-order valence-electron chi connectivity index (χ2n) is 8.96. The van der Waals surface area contributed by atoms with Gasteiger partial charge in [0.1, 0.15) is 0 Å². The van der Waals surface area contributed by atoms with Crippen LogP contribution in [-0.4, -0.2) is 34.8 Å². The fraction of sp³-hybridized carbons (Fsp3) is 0.714. The number of ether oxygens (including phenoxy) is 1. The largest absolute Gasteiger partial charge is 0.479 e. The van der Waals surface area contributed by atoms with Gasteiger partial charge in [0.25, 0.3) is 0 Å². The molecule has 1 aromatic heterocycles. The molecule has 1 fully saturated rings. The SMILES string of the molecule is CCC1(C)CCN(c2c(Br)c(C)nc(C)c2C(OC(C)(C)C)C(=O)O)CC1. The van der Waals surface area contributed by atoms with Crippen LogP contribution in [0.15, 0.2) is 4.47 Å². The van der Waals surface area contributed by atoms with Gasteiger partial charge < -0.3 is 14.7 Å². The molecule has 0 saturated carbocycles. The molecular weight excluding hydrogens is 408 g/mol. The number of carbonyl (C=O) groups is 1. The fourth-order valence-electron chi connectivity index (χ4n) is 3.65. The van der Waals surface area contributed by atoms with E-state index in [1.165, 1.54) is 0 Å². The molecule has 5 nitrogen and oxygen atoms in total. The third kappa shape index (κ3) is 5.02. The monoisotopic (exact) mass is 440 g/mol. The summed E-state index contributed by atoms with van der Waals surface area (Å²) in [6, 6.07) is 0. The molecule has 1 aliphatic rings. The molecule has 1 unspecified atom stereocenters. The predicted octanol–water partition coefficient (Wildman–Crippen LogP) is 5.42. The van der Waals surface area contributed by atoms with Crippen LogP contribution >= 0.6 is 15.9 Å². The smallest absolute Gasteiger partial charge is 0.337 e. The molecule has 1 N–H and O–H groups in total. The number of anilines is 1. The van der Waals surface area contributed by atoms with E-state index in [0.717, 1.165) is 48.2 Å². The van der Waals surface area contributed by atoms with Gasteiger partial charge in [0.05, 0.1) is 21.5 Å². The van der Waals surface area contributed by atoms with Crippen LogP contribution in [0.3, 0.4) is 0 Å². The van der Waals surface area contributed by atoms with Crippen molar-refractivity contribution in [3.05, 3.63) is 21.4 Å². The van der Waals surface area contributed by atoms with E-state index >= 15 is 0 Å². The Morgan fingerprint density at radius 2 is 1.85 bits per heavy atom. The predicted molar refractivity (Wildman–Crippen MR) is 112 cm³/mol. The minimum Gasteiger partial charge on any atom is -0.479 e. The summed E-state index contributed by atoms with van der Waals surface area (Å²) in [5, 5.41) is 9.93. The average molecular weight is 441 g/mol. The van der Waals surface area contributed by atoms with Crippen LogP contribution in [-0.2, 0) is 9.53 Å². The van der Waals surface area contributed by atoms with Crippen molar-refractivity contribution in [1.82, 2.24) is 4.98 Å². The summed E-state index contributed by atoms with van der Waals surface area (Å²) >= 11 is 3.69. The molecule has 2 heterocycles. The number of carboxylic acid groups (broad SMARTS) is 1. The zero-order chi connectivity index (χ0) is 20.6. The molecule has 0 spiro atoms. The van der Waals surface area contributed by atoms with Gasteiger partial charge in [-0.3, -0.25) is 4.98 Å². The first kappa shape index (κ1) is 22.2. The number of carboxylic acids is 1. The Morgan fingerprint density at radius 1 is 1.30 bits per heavy atom. The molecule has 0 bridgehead atoms. The highest BCUT2D eigenvalue weighted by molar-refractivity contribution is 9.10. The zero-order valence-electron chi connectivity index (χ0n) is 17.6. The van der Waals surface area contributed by atoms with Crippen LogP contribution in [0.1, 0.15) is 76.9 Å². The number of pyridine rings is 1. The molecule has 152 valence electrons. The summed E-state index contributed by atoms with van der Waals surface area (Å²) in [6.07, 6.45) is 2.29. The Bertz CT molecular complexity index is 704. The Morgan fingerprint density at radius 3 is 2.30 bits per heavy atom. The Labute approximate surface area is 171 Å². The van der Waals surface area contributed by atoms with E-state index in [9.17, 15) is 9.90 Å². The van der Waals surface area contributed by atoms with Crippen molar-refractivity contribution in [2.24, 2.45) is 5.41 Å². The summed E-state index contributed by atoms with van der Waals surface area (Å²) < 4.78 is 6.84. The highest BCUT2D eigenvalue weighted by Gasteiger charge is 2.36. The topological polar surface area (TPSA) is 62.7 Å². The van der Waals surface area contributed by atoms with Crippen molar-refractivity contribution < 1.29 is 14.6 Å². The number of aryl methyl sites for hydroxylation is 2. The van der Waals surface area contributed by atoms with Gasteiger partial charge in [0, 0.05) is 24.3 Å². The second-order valence-corrected chi connectivity index (χ2v) is 9.75. The minimum atomic E-state index is -1.05.